The Balaban J connectivity index is 1.19. The van der Waals surface area contributed by atoms with Crippen molar-refractivity contribution in [2.75, 3.05) is 11.4 Å². The van der Waals surface area contributed by atoms with Crippen LogP contribution in [-0.2, 0) is 9.59 Å². The number of nitrogens with zero attached hydrogens (tertiary/aromatic N) is 2. The second-order valence-corrected chi connectivity index (χ2v) is 11.7. The molecular weight excluding hydrogens is 528 g/mol. The summed E-state index contributed by atoms with van der Waals surface area (Å²) >= 11 is 1.48. The molecule has 4 heterocycles. The number of para-hydroxylation sites is 1. The predicted octanol–water partition coefficient (Wildman–Crippen LogP) is 3.31. The zero-order valence-corrected chi connectivity index (χ0v) is 23.0. The van der Waals surface area contributed by atoms with Crippen LogP contribution in [0.3, 0.4) is 0 Å². The van der Waals surface area contributed by atoms with E-state index in [0.29, 0.717) is 28.7 Å². The number of pyridine rings is 1. The standard InChI is InChI=1S/C29H32N6O4S/c1-3-22(36)32-17-9-10-18(14-17)33-27(37)26-25-24-20(11-12-30-28(24)40-26)35(29(38)34-25)21-15-31-23(13-16(21)2)39-19-7-5-4-6-8-19/h3-8,13,15,17-18,20,24,28,30H,1,9-12,14H2,2H3,(H,32,36)(H,33,37)(H,34,38)/t17-,18+,20?,24?,28?/m1/s1. The van der Waals surface area contributed by atoms with Crippen LogP contribution in [0.2, 0.25) is 0 Å². The van der Waals surface area contributed by atoms with Crippen LogP contribution in [-0.4, -0.2) is 52.9 Å². The Morgan fingerprint density at radius 3 is 2.70 bits per heavy atom. The van der Waals surface area contributed by atoms with Crippen molar-refractivity contribution in [1.82, 2.24) is 26.3 Å². The molecule has 0 spiro atoms. The van der Waals surface area contributed by atoms with E-state index in [0.717, 1.165) is 37.1 Å². The lowest BCUT2D eigenvalue weighted by atomic mass is 9.86. The van der Waals surface area contributed by atoms with Gasteiger partial charge in [-0.2, -0.15) is 0 Å². The number of anilines is 1. The van der Waals surface area contributed by atoms with Crippen LogP contribution < -0.4 is 30.9 Å². The van der Waals surface area contributed by atoms with Crippen LogP contribution in [0.25, 0.3) is 0 Å². The number of piperidine rings is 1. The Labute approximate surface area is 237 Å². The molecule has 3 fully saturated rings. The van der Waals surface area contributed by atoms with Crippen molar-refractivity contribution < 1.29 is 19.1 Å². The van der Waals surface area contributed by atoms with Gasteiger partial charge in [0, 0.05) is 29.8 Å². The number of hydrogen-bond acceptors (Lipinski definition) is 7. The van der Waals surface area contributed by atoms with Crippen molar-refractivity contribution in [2.45, 2.75) is 56.1 Å². The van der Waals surface area contributed by atoms with Gasteiger partial charge in [0.1, 0.15) is 5.75 Å². The molecule has 5 atom stereocenters. The quantitative estimate of drug-likeness (QED) is 0.383. The molecule has 1 aromatic heterocycles. The van der Waals surface area contributed by atoms with Crippen LogP contribution in [0.4, 0.5) is 10.5 Å². The van der Waals surface area contributed by atoms with E-state index >= 15 is 0 Å². The maximum Gasteiger partial charge on any atom is 0.326 e. The summed E-state index contributed by atoms with van der Waals surface area (Å²) in [6.45, 7) is 6.18. The van der Waals surface area contributed by atoms with E-state index in [1.54, 1.807) is 11.1 Å². The van der Waals surface area contributed by atoms with Crippen molar-refractivity contribution in [3.8, 4) is 11.6 Å². The largest absolute Gasteiger partial charge is 0.439 e. The van der Waals surface area contributed by atoms with E-state index in [9.17, 15) is 14.4 Å². The van der Waals surface area contributed by atoms with E-state index in [1.807, 2.05) is 43.3 Å². The van der Waals surface area contributed by atoms with Gasteiger partial charge in [-0.15, -0.1) is 0 Å². The number of carbonyl (C=O) groups excluding carboxylic acids is 3. The summed E-state index contributed by atoms with van der Waals surface area (Å²) in [5.74, 6) is 0.719. The van der Waals surface area contributed by atoms with E-state index in [2.05, 4.69) is 32.8 Å². The van der Waals surface area contributed by atoms with Crippen molar-refractivity contribution in [2.24, 2.45) is 5.92 Å². The molecule has 2 saturated heterocycles. The first-order valence-corrected chi connectivity index (χ1v) is 14.5. The minimum atomic E-state index is -0.264. The first-order valence-electron chi connectivity index (χ1n) is 13.6. The van der Waals surface area contributed by atoms with Crippen molar-refractivity contribution >= 4 is 35.3 Å². The normalized spacial score (nSPS) is 27.1. The molecular formula is C29H32N6O4S. The topological polar surface area (TPSA) is 125 Å². The van der Waals surface area contributed by atoms with Gasteiger partial charge in [-0.05, 0) is 62.9 Å². The SMILES string of the molecule is C=CC(=O)N[C@@H]1CC[C@H](NC(=O)C2=C3NC(=O)N(c4cnc(Oc5ccccc5)cc4C)C4CCNC(S2)C34)C1. The van der Waals surface area contributed by atoms with Gasteiger partial charge in [-0.1, -0.05) is 36.5 Å². The number of aromatic nitrogens is 1. The van der Waals surface area contributed by atoms with Crippen LogP contribution in [0.5, 0.6) is 11.6 Å². The van der Waals surface area contributed by atoms with Gasteiger partial charge in [-0.3, -0.25) is 14.5 Å². The fourth-order valence-corrected chi connectivity index (χ4v) is 7.50. The Morgan fingerprint density at radius 2 is 1.95 bits per heavy atom. The first kappa shape index (κ1) is 26.4. The summed E-state index contributed by atoms with van der Waals surface area (Å²) in [6.07, 6.45) is 5.96. The third kappa shape index (κ3) is 5.06. The highest BCUT2D eigenvalue weighted by atomic mass is 32.2. The lowest BCUT2D eigenvalue weighted by Crippen LogP contribution is -2.62. The van der Waals surface area contributed by atoms with Gasteiger partial charge < -0.3 is 26.0 Å². The monoisotopic (exact) mass is 560 g/mol. The third-order valence-electron chi connectivity index (χ3n) is 7.93. The summed E-state index contributed by atoms with van der Waals surface area (Å²) < 4.78 is 5.88. The lowest BCUT2D eigenvalue weighted by Gasteiger charge is -2.46. The molecule has 1 saturated carbocycles. The molecule has 4 N–H and O–H groups in total. The molecule has 10 nitrogen and oxygen atoms in total. The van der Waals surface area contributed by atoms with Gasteiger partial charge in [-0.25, -0.2) is 9.78 Å². The highest BCUT2D eigenvalue weighted by Gasteiger charge is 2.52. The maximum atomic E-state index is 13.6. The average Bonchev–Trinajstić information content (AvgIpc) is 3.55. The minimum absolute atomic E-state index is 0.0163. The maximum absolute atomic E-state index is 13.6. The van der Waals surface area contributed by atoms with E-state index in [1.165, 1.54) is 17.8 Å². The molecule has 0 bridgehead atoms. The smallest absolute Gasteiger partial charge is 0.326 e. The van der Waals surface area contributed by atoms with Gasteiger partial charge in [0.15, 0.2) is 0 Å². The first-order chi connectivity index (χ1) is 19.4. The summed E-state index contributed by atoms with van der Waals surface area (Å²) in [5, 5.41) is 12.6. The zero-order valence-electron chi connectivity index (χ0n) is 22.2. The summed E-state index contributed by atoms with van der Waals surface area (Å²) in [6, 6.07) is 10.9. The Morgan fingerprint density at radius 1 is 1.18 bits per heavy atom. The molecule has 11 heteroatoms. The lowest BCUT2D eigenvalue weighted by molar-refractivity contribution is -0.117. The average molecular weight is 561 g/mol. The molecule has 3 aliphatic heterocycles. The molecule has 1 aromatic carbocycles. The predicted molar refractivity (Wildman–Crippen MR) is 153 cm³/mol. The number of hydrogen-bond donors (Lipinski definition) is 4. The van der Waals surface area contributed by atoms with Crippen molar-refractivity contribution in [1.29, 1.82) is 0 Å². The van der Waals surface area contributed by atoms with E-state index in [4.69, 9.17) is 4.74 Å². The molecule has 6 rings (SSSR count). The molecule has 40 heavy (non-hydrogen) atoms. The minimum Gasteiger partial charge on any atom is -0.439 e. The van der Waals surface area contributed by atoms with Crippen LogP contribution in [0.15, 0.2) is 65.9 Å². The Kier molecular flexibility index (Phi) is 7.24. The Bertz CT molecular complexity index is 1380. The van der Waals surface area contributed by atoms with E-state index in [-0.39, 0.29) is 47.3 Å². The number of carbonyl (C=O) groups is 3. The molecule has 2 aromatic rings. The van der Waals surface area contributed by atoms with Crippen molar-refractivity contribution in [3.05, 3.63) is 71.4 Å². The van der Waals surface area contributed by atoms with Gasteiger partial charge in [0.05, 0.1) is 28.2 Å². The van der Waals surface area contributed by atoms with E-state index < -0.39 is 0 Å². The number of thioether (sulfide) groups is 1. The second-order valence-electron chi connectivity index (χ2n) is 10.5. The molecule has 1 aliphatic carbocycles. The van der Waals surface area contributed by atoms with Crippen molar-refractivity contribution in [3.63, 3.8) is 0 Å². The highest BCUT2D eigenvalue weighted by Crippen LogP contribution is 2.48. The number of ether oxygens (including phenoxy) is 1. The summed E-state index contributed by atoms with van der Waals surface area (Å²) in [4.78, 5) is 45.5. The van der Waals surface area contributed by atoms with Gasteiger partial charge in [0.25, 0.3) is 5.91 Å². The number of rotatable bonds is 7. The Hall–Kier alpha value is -3.83. The molecule has 4 aliphatic rings. The fourth-order valence-electron chi connectivity index (χ4n) is 6.10. The number of urea groups is 1. The van der Waals surface area contributed by atoms with Gasteiger partial charge >= 0.3 is 6.03 Å². The molecule has 208 valence electrons. The van der Waals surface area contributed by atoms with Crippen LogP contribution >= 0.6 is 11.8 Å². The number of amides is 4. The number of nitrogens with one attached hydrogen (secondary N) is 4. The molecule has 4 amide bonds. The van der Waals surface area contributed by atoms with Crippen LogP contribution in [0, 0.1) is 12.8 Å². The zero-order chi connectivity index (χ0) is 27.8. The third-order valence-corrected chi connectivity index (χ3v) is 9.29. The second kappa shape index (κ2) is 11.0. The van der Waals surface area contributed by atoms with Gasteiger partial charge in [0.2, 0.25) is 11.8 Å². The van der Waals surface area contributed by atoms with Crippen LogP contribution in [0.1, 0.15) is 31.2 Å². The molecule has 0 radical (unpaired) electrons. The molecule has 3 unspecified atom stereocenters. The fraction of sp³-hybridized carbons (Fsp3) is 0.379. The number of aryl methyl sites for hydroxylation is 1. The number of benzene rings is 1. The summed E-state index contributed by atoms with van der Waals surface area (Å²) in [5.41, 5.74) is 2.29. The summed E-state index contributed by atoms with van der Waals surface area (Å²) in [7, 11) is 0. The highest BCUT2D eigenvalue weighted by molar-refractivity contribution is 8.04.